The lowest BCUT2D eigenvalue weighted by Gasteiger charge is -2.05. The van der Waals surface area contributed by atoms with E-state index >= 15 is 0 Å². The third-order valence-electron chi connectivity index (χ3n) is 2.78. The number of nitrogens with zero attached hydrogens (tertiary/aromatic N) is 4. The van der Waals surface area contributed by atoms with E-state index in [0.717, 1.165) is 18.5 Å². The lowest BCUT2D eigenvalue weighted by atomic mass is 10.2. The SMILES string of the molecule is O=C(O)c1cnn(-c2cccnn2)c1C1CC1. The van der Waals surface area contributed by atoms with E-state index in [9.17, 15) is 4.79 Å². The Hall–Kier alpha value is -2.24. The van der Waals surface area contributed by atoms with Crippen LogP contribution in [0.1, 0.15) is 34.8 Å². The van der Waals surface area contributed by atoms with Crippen LogP contribution in [-0.2, 0) is 0 Å². The molecule has 1 aliphatic carbocycles. The van der Waals surface area contributed by atoms with Crippen LogP contribution >= 0.6 is 0 Å². The highest BCUT2D eigenvalue weighted by Crippen LogP contribution is 2.42. The Morgan fingerprint density at radius 2 is 2.29 bits per heavy atom. The van der Waals surface area contributed by atoms with E-state index in [2.05, 4.69) is 15.3 Å². The van der Waals surface area contributed by atoms with Gasteiger partial charge >= 0.3 is 5.97 Å². The molecule has 1 fully saturated rings. The van der Waals surface area contributed by atoms with Crippen molar-refractivity contribution in [2.75, 3.05) is 0 Å². The Morgan fingerprint density at radius 1 is 1.47 bits per heavy atom. The smallest absolute Gasteiger partial charge is 0.339 e. The molecule has 86 valence electrons. The summed E-state index contributed by atoms with van der Waals surface area (Å²) in [5.74, 6) is -0.102. The first-order valence-electron chi connectivity index (χ1n) is 5.36. The molecule has 0 saturated heterocycles. The van der Waals surface area contributed by atoms with Gasteiger partial charge in [0, 0.05) is 12.1 Å². The first-order valence-corrected chi connectivity index (χ1v) is 5.36. The summed E-state index contributed by atoms with van der Waals surface area (Å²) in [7, 11) is 0. The number of aromatic carboxylic acids is 1. The highest BCUT2D eigenvalue weighted by atomic mass is 16.4. The molecule has 0 atom stereocenters. The molecular weight excluding hydrogens is 220 g/mol. The van der Waals surface area contributed by atoms with Crippen molar-refractivity contribution in [1.82, 2.24) is 20.0 Å². The second kappa shape index (κ2) is 3.65. The van der Waals surface area contributed by atoms with Gasteiger partial charge in [-0.05, 0) is 25.0 Å². The highest BCUT2D eigenvalue weighted by Gasteiger charge is 2.33. The average Bonchev–Trinajstić information content (AvgIpc) is 3.08. The van der Waals surface area contributed by atoms with Crippen LogP contribution in [0.4, 0.5) is 0 Å². The van der Waals surface area contributed by atoms with Gasteiger partial charge in [0.15, 0.2) is 5.82 Å². The van der Waals surface area contributed by atoms with Gasteiger partial charge in [0.05, 0.1) is 11.9 Å². The number of carboxylic acids is 1. The summed E-state index contributed by atoms with van der Waals surface area (Å²) >= 11 is 0. The van der Waals surface area contributed by atoms with Crippen LogP contribution in [0, 0.1) is 0 Å². The zero-order valence-corrected chi connectivity index (χ0v) is 8.95. The van der Waals surface area contributed by atoms with Crippen LogP contribution in [0.3, 0.4) is 0 Å². The summed E-state index contributed by atoms with van der Waals surface area (Å²) in [5, 5.41) is 20.9. The van der Waals surface area contributed by atoms with E-state index in [1.165, 1.54) is 6.20 Å². The maximum Gasteiger partial charge on any atom is 0.339 e. The maximum atomic E-state index is 11.1. The van der Waals surface area contributed by atoms with Crippen molar-refractivity contribution < 1.29 is 9.90 Å². The quantitative estimate of drug-likeness (QED) is 0.857. The maximum absolute atomic E-state index is 11.1. The number of hydrogen-bond acceptors (Lipinski definition) is 4. The summed E-state index contributed by atoms with van der Waals surface area (Å²) in [6, 6.07) is 3.51. The topological polar surface area (TPSA) is 80.9 Å². The Balaban J connectivity index is 2.14. The zero-order chi connectivity index (χ0) is 11.8. The normalized spacial score (nSPS) is 14.8. The van der Waals surface area contributed by atoms with Crippen LogP contribution < -0.4 is 0 Å². The summed E-state index contributed by atoms with van der Waals surface area (Å²) in [6.07, 6.45) is 4.96. The van der Waals surface area contributed by atoms with Crippen LogP contribution in [-0.4, -0.2) is 31.1 Å². The molecule has 0 unspecified atom stereocenters. The number of aromatic nitrogens is 4. The second-order valence-corrected chi connectivity index (χ2v) is 4.02. The van der Waals surface area contributed by atoms with Crippen molar-refractivity contribution in [1.29, 1.82) is 0 Å². The summed E-state index contributed by atoms with van der Waals surface area (Å²) < 4.78 is 1.58. The predicted octanol–water partition coefficient (Wildman–Crippen LogP) is 1.24. The minimum atomic E-state index is -0.943. The zero-order valence-electron chi connectivity index (χ0n) is 8.95. The minimum absolute atomic E-state index is 0.262. The molecule has 2 heterocycles. The van der Waals surface area contributed by atoms with E-state index in [1.807, 2.05) is 0 Å². The number of carbonyl (C=O) groups is 1. The van der Waals surface area contributed by atoms with Gasteiger partial charge in [0.25, 0.3) is 0 Å². The van der Waals surface area contributed by atoms with Crippen LogP contribution in [0.5, 0.6) is 0 Å². The van der Waals surface area contributed by atoms with Gasteiger partial charge in [-0.15, -0.1) is 5.10 Å². The third kappa shape index (κ3) is 1.67. The molecule has 3 rings (SSSR count). The molecule has 0 spiro atoms. The van der Waals surface area contributed by atoms with E-state index in [-0.39, 0.29) is 11.5 Å². The standard InChI is InChI=1S/C11H10N4O2/c16-11(17)8-6-13-15(10(8)7-3-4-7)9-2-1-5-12-14-9/h1-2,5-7H,3-4H2,(H,16,17). The highest BCUT2D eigenvalue weighted by molar-refractivity contribution is 5.89. The molecule has 1 saturated carbocycles. The lowest BCUT2D eigenvalue weighted by molar-refractivity contribution is 0.0695. The summed E-state index contributed by atoms with van der Waals surface area (Å²) in [5.41, 5.74) is 0.996. The first-order chi connectivity index (χ1) is 8.27. The van der Waals surface area contributed by atoms with Crippen molar-refractivity contribution >= 4 is 5.97 Å². The molecule has 2 aromatic rings. The van der Waals surface area contributed by atoms with Crippen LogP contribution in [0.2, 0.25) is 0 Å². The Bertz CT molecular complexity index is 560. The fourth-order valence-corrected chi connectivity index (χ4v) is 1.86. The predicted molar refractivity (Wildman–Crippen MR) is 58.1 cm³/mol. The number of rotatable bonds is 3. The molecule has 2 aromatic heterocycles. The molecule has 0 bridgehead atoms. The Morgan fingerprint density at radius 3 is 2.88 bits per heavy atom. The number of hydrogen-bond donors (Lipinski definition) is 1. The molecular formula is C11H10N4O2. The van der Waals surface area contributed by atoms with E-state index < -0.39 is 5.97 Å². The molecule has 6 heteroatoms. The van der Waals surface area contributed by atoms with Gasteiger partial charge < -0.3 is 5.11 Å². The van der Waals surface area contributed by atoms with Crippen molar-refractivity contribution in [3.63, 3.8) is 0 Å². The van der Waals surface area contributed by atoms with E-state index in [1.54, 1.807) is 23.0 Å². The van der Waals surface area contributed by atoms with Gasteiger partial charge in [-0.25, -0.2) is 9.48 Å². The van der Waals surface area contributed by atoms with Gasteiger partial charge in [0.1, 0.15) is 5.56 Å². The van der Waals surface area contributed by atoms with Crippen molar-refractivity contribution in [2.24, 2.45) is 0 Å². The Labute approximate surface area is 96.9 Å². The van der Waals surface area contributed by atoms with E-state index in [0.29, 0.717) is 5.82 Å². The monoisotopic (exact) mass is 230 g/mol. The van der Waals surface area contributed by atoms with Gasteiger partial charge in [-0.2, -0.15) is 10.2 Å². The summed E-state index contributed by atoms with van der Waals surface area (Å²) in [4.78, 5) is 11.1. The van der Waals surface area contributed by atoms with Gasteiger partial charge in [0.2, 0.25) is 0 Å². The molecule has 0 aromatic carbocycles. The van der Waals surface area contributed by atoms with Crippen LogP contribution in [0.15, 0.2) is 24.5 Å². The molecule has 6 nitrogen and oxygen atoms in total. The minimum Gasteiger partial charge on any atom is -0.478 e. The van der Waals surface area contributed by atoms with Crippen LogP contribution in [0.25, 0.3) is 5.82 Å². The molecule has 17 heavy (non-hydrogen) atoms. The first kappa shape index (κ1) is 9.95. The van der Waals surface area contributed by atoms with Gasteiger partial charge in [-0.1, -0.05) is 0 Å². The fourth-order valence-electron chi connectivity index (χ4n) is 1.86. The molecule has 1 N–H and O–H groups in total. The molecule has 0 amide bonds. The largest absolute Gasteiger partial charge is 0.478 e. The van der Waals surface area contributed by atoms with Crippen molar-refractivity contribution in [3.05, 3.63) is 35.8 Å². The summed E-state index contributed by atoms with van der Waals surface area (Å²) in [6.45, 7) is 0. The average molecular weight is 230 g/mol. The van der Waals surface area contributed by atoms with Gasteiger partial charge in [-0.3, -0.25) is 0 Å². The second-order valence-electron chi connectivity index (χ2n) is 4.02. The number of carboxylic acid groups (broad SMARTS) is 1. The third-order valence-corrected chi connectivity index (χ3v) is 2.78. The van der Waals surface area contributed by atoms with Crippen molar-refractivity contribution in [2.45, 2.75) is 18.8 Å². The van der Waals surface area contributed by atoms with Crippen molar-refractivity contribution in [3.8, 4) is 5.82 Å². The fraction of sp³-hybridized carbons (Fsp3) is 0.273. The van der Waals surface area contributed by atoms with E-state index in [4.69, 9.17) is 5.11 Å². The Kier molecular flexibility index (Phi) is 2.14. The molecule has 1 aliphatic rings. The molecule has 0 aliphatic heterocycles. The molecule has 0 radical (unpaired) electrons. The lowest BCUT2D eigenvalue weighted by Crippen LogP contribution is -2.07.